The van der Waals surface area contributed by atoms with Gasteiger partial charge in [-0.15, -0.1) is 0 Å². The zero-order chi connectivity index (χ0) is 41.6. The van der Waals surface area contributed by atoms with Gasteiger partial charge >= 0.3 is 0 Å². The van der Waals surface area contributed by atoms with E-state index in [-0.39, 0.29) is 41.0 Å². The predicted octanol–water partition coefficient (Wildman–Crippen LogP) is 7.62. The Morgan fingerprint density at radius 2 is 1.57 bits per heavy atom. The van der Waals surface area contributed by atoms with Crippen molar-refractivity contribution >= 4 is 68.1 Å². The first-order valence-corrected chi connectivity index (χ1v) is 20.0. The van der Waals surface area contributed by atoms with Gasteiger partial charge in [-0.2, -0.15) is 0 Å². The van der Waals surface area contributed by atoms with Crippen LogP contribution >= 0.6 is 11.6 Å². The minimum atomic E-state index is -1.18. The molecule has 12 nitrogen and oxygen atoms in total. The second-order valence-corrected chi connectivity index (χ2v) is 16.3. The standard InChI is InChI=1S/C31H27ClN4O4.C16H10N2O2/c1-16(2)14-21-25-26(29(39)35(28(25)38)23-15-17(32)12-13-24(23)40-3)31(34-21)19-9-5-7-11-22(19)36-27(37)18-8-4-6-10-20(18)33-30(31)36;19-15-10-6-2-4-8-12(10)17-14(15)13-9-5-1-3-7-11(9)18-16(13)20/h4-13,15-16,21,25-26,34H,14H2,1-3H3;1-8,18,20H/t21?,25-,26+,31?;/m0./s1. The highest BCUT2D eigenvalue weighted by atomic mass is 35.5. The Hall–Kier alpha value is -6.89. The minimum absolute atomic E-state index is 0.0221. The van der Waals surface area contributed by atoms with Crippen molar-refractivity contribution in [3.05, 3.63) is 153 Å². The average Bonchev–Trinajstić information content (AvgIpc) is 4.00. The van der Waals surface area contributed by atoms with E-state index >= 15 is 0 Å². The maximum atomic E-state index is 14.6. The number of carbonyl (C=O) groups is 3. The lowest BCUT2D eigenvalue weighted by molar-refractivity contribution is -0.123. The van der Waals surface area contributed by atoms with E-state index in [0.29, 0.717) is 67.8 Å². The molecule has 4 atom stereocenters. The van der Waals surface area contributed by atoms with Gasteiger partial charge in [0, 0.05) is 33.1 Å². The van der Waals surface area contributed by atoms with E-state index in [4.69, 9.17) is 21.3 Å². The molecule has 2 saturated heterocycles. The van der Waals surface area contributed by atoms with Crippen LogP contribution in [0.15, 0.2) is 125 Å². The van der Waals surface area contributed by atoms with E-state index in [1.165, 1.54) is 12.0 Å². The number of Topliss-reactive ketones (excluding diaryl/α,β-unsaturated/α-hetero) is 1. The number of para-hydroxylation sites is 4. The van der Waals surface area contributed by atoms with Crippen LogP contribution in [0.5, 0.6) is 11.6 Å². The number of amides is 2. The van der Waals surface area contributed by atoms with Gasteiger partial charge in [0.05, 0.1) is 52.5 Å². The van der Waals surface area contributed by atoms with Crippen molar-refractivity contribution in [2.24, 2.45) is 22.7 Å². The summed E-state index contributed by atoms with van der Waals surface area (Å²) >= 11 is 6.33. The van der Waals surface area contributed by atoms with Gasteiger partial charge in [0.15, 0.2) is 5.88 Å². The van der Waals surface area contributed by atoms with Gasteiger partial charge < -0.3 is 14.8 Å². The highest BCUT2D eigenvalue weighted by molar-refractivity contribution is 6.56. The monoisotopic (exact) mass is 816 g/mol. The number of H-pyrrole nitrogens is 1. The third kappa shape index (κ3) is 5.33. The van der Waals surface area contributed by atoms with Gasteiger partial charge in [0.25, 0.3) is 5.56 Å². The van der Waals surface area contributed by atoms with Gasteiger partial charge in [-0.25, -0.2) is 14.9 Å². The number of hydrogen-bond donors (Lipinski definition) is 3. The number of benzene rings is 5. The number of hydrogen-bond acceptors (Lipinski definition) is 9. The molecule has 2 fully saturated rings. The van der Waals surface area contributed by atoms with Crippen molar-refractivity contribution in [2.45, 2.75) is 31.8 Å². The fourth-order valence-corrected chi connectivity index (χ4v) is 9.77. The molecule has 4 aliphatic rings. The van der Waals surface area contributed by atoms with Gasteiger partial charge in [-0.3, -0.25) is 29.1 Å². The number of halogens is 1. The second-order valence-electron chi connectivity index (χ2n) is 15.8. The summed E-state index contributed by atoms with van der Waals surface area (Å²) < 4.78 is 7.15. The Balaban J connectivity index is 0.000000180. The van der Waals surface area contributed by atoms with Crippen LogP contribution in [0.1, 0.15) is 47.6 Å². The Kier molecular flexibility index (Phi) is 8.63. The molecule has 11 rings (SSSR count). The van der Waals surface area contributed by atoms with E-state index in [1.807, 2.05) is 72.8 Å². The van der Waals surface area contributed by atoms with Gasteiger partial charge in [-0.05, 0) is 66.9 Å². The van der Waals surface area contributed by atoms with E-state index in [0.717, 1.165) is 16.5 Å². The SMILES string of the molecule is COc1ccc(Cl)cc1N1C(=O)[C@H]2C(CC(C)C)NC3(c4ccccc4-n4c3nc3ccccc3c4=O)[C@H]2C1=O.O=C1C(c2c(O)[nH]c3ccccc23)=Nc2ccccc21. The van der Waals surface area contributed by atoms with Crippen molar-refractivity contribution in [2.75, 3.05) is 12.0 Å². The normalized spacial score (nSPS) is 21.0. The number of nitrogens with one attached hydrogen (secondary N) is 2. The fraction of sp³-hybridized carbons (Fsp3) is 0.191. The molecular formula is C47H37ClN6O6. The summed E-state index contributed by atoms with van der Waals surface area (Å²) in [5.74, 6) is -1.33. The van der Waals surface area contributed by atoms with E-state index < -0.39 is 17.4 Å². The van der Waals surface area contributed by atoms with Gasteiger partial charge in [0.2, 0.25) is 17.6 Å². The Morgan fingerprint density at radius 3 is 2.35 bits per heavy atom. The number of ether oxygens (including phenoxy) is 1. The van der Waals surface area contributed by atoms with Crippen LogP contribution in [0.2, 0.25) is 5.02 Å². The highest BCUT2D eigenvalue weighted by Crippen LogP contribution is 2.57. The third-order valence-corrected chi connectivity index (χ3v) is 12.2. The number of ketones is 1. The number of aromatic hydroxyl groups is 1. The molecule has 0 aliphatic carbocycles. The van der Waals surface area contributed by atoms with Crippen molar-refractivity contribution < 1.29 is 24.2 Å². The van der Waals surface area contributed by atoms with Crippen LogP contribution in [0, 0.1) is 17.8 Å². The number of fused-ring (bicyclic) bond motifs is 10. The van der Waals surface area contributed by atoms with Crippen LogP contribution in [0.4, 0.5) is 11.4 Å². The summed E-state index contributed by atoms with van der Waals surface area (Å²) in [5, 5.41) is 15.5. The number of anilines is 1. The molecule has 60 heavy (non-hydrogen) atoms. The van der Waals surface area contributed by atoms with Crippen molar-refractivity contribution in [1.82, 2.24) is 19.9 Å². The molecule has 6 heterocycles. The number of aromatic amines is 1. The van der Waals surface area contributed by atoms with Crippen molar-refractivity contribution in [1.29, 1.82) is 0 Å². The molecule has 2 unspecified atom stereocenters. The number of rotatable bonds is 5. The number of aliphatic imine (C=N–C) groups is 1. The zero-order valence-electron chi connectivity index (χ0n) is 32.6. The molecule has 2 amide bonds. The quantitative estimate of drug-likeness (QED) is 0.150. The van der Waals surface area contributed by atoms with E-state index in [2.05, 4.69) is 29.1 Å². The average molecular weight is 817 g/mol. The van der Waals surface area contributed by atoms with E-state index in [1.54, 1.807) is 47.0 Å². The minimum Gasteiger partial charge on any atom is -0.495 e. The Morgan fingerprint density at radius 1 is 0.850 bits per heavy atom. The summed E-state index contributed by atoms with van der Waals surface area (Å²) in [6.07, 6.45) is 0.655. The molecule has 7 aromatic rings. The highest BCUT2D eigenvalue weighted by Gasteiger charge is 2.70. The molecular weight excluding hydrogens is 780 g/mol. The summed E-state index contributed by atoms with van der Waals surface area (Å²) in [4.78, 5) is 68.7. The molecule has 0 saturated carbocycles. The maximum absolute atomic E-state index is 14.6. The molecule has 0 radical (unpaired) electrons. The molecule has 298 valence electrons. The molecule has 0 bridgehead atoms. The lowest BCUT2D eigenvalue weighted by atomic mass is 9.75. The largest absolute Gasteiger partial charge is 0.495 e. The summed E-state index contributed by atoms with van der Waals surface area (Å²) in [6, 6.07) is 34.0. The Labute approximate surface area is 348 Å². The molecule has 2 aromatic heterocycles. The number of carbonyl (C=O) groups excluding carboxylic acids is 3. The first kappa shape index (κ1) is 37.4. The second kappa shape index (κ2) is 13.9. The molecule has 1 spiro atoms. The number of aromatic nitrogens is 3. The van der Waals surface area contributed by atoms with Gasteiger partial charge in [0.1, 0.15) is 22.8 Å². The lowest BCUT2D eigenvalue weighted by Gasteiger charge is -2.32. The van der Waals surface area contributed by atoms with Crippen LogP contribution in [0.3, 0.4) is 0 Å². The maximum Gasteiger partial charge on any atom is 0.266 e. The van der Waals surface area contributed by atoms with Crippen molar-refractivity contribution in [3.8, 4) is 17.3 Å². The molecule has 3 N–H and O–H groups in total. The molecule has 13 heteroatoms. The Bertz CT molecular complexity index is 3080. The van der Waals surface area contributed by atoms with Crippen LogP contribution in [-0.2, 0) is 15.1 Å². The topological polar surface area (TPSA) is 159 Å². The zero-order valence-corrected chi connectivity index (χ0v) is 33.4. The van der Waals surface area contributed by atoms with Crippen LogP contribution in [0.25, 0.3) is 27.5 Å². The predicted molar refractivity (Wildman–Crippen MR) is 229 cm³/mol. The number of nitrogens with zero attached hydrogens (tertiary/aromatic N) is 4. The van der Waals surface area contributed by atoms with Crippen LogP contribution < -0.4 is 20.5 Å². The van der Waals surface area contributed by atoms with E-state index in [9.17, 15) is 24.3 Å². The first-order chi connectivity index (χ1) is 29.0. The molecule has 5 aromatic carbocycles. The first-order valence-electron chi connectivity index (χ1n) is 19.7. The lowest BCUT2D eigenvalue weighted by Crippen LogP contribution is -2.50. The summed E-state index contributed by atoms with van der Waals surface area (Å²) in [7, 11) is 1.49. The summed E-state index contributed by atoms with van der Waals surface area (Å²) in [5.41, 5.74) is 3.67. The van der Waals surface area contributed by atoms with Crippen molar-refractivity contribution in [3.63, 3.8) is 0 Å². The molecule has 4 aliphatic heterocycles. The fourth-order valence-electron chi connectivity index (χ4n) is 9.60. The number of imide groups is 1. The third-order valence-electron chi connectivity index (χ3n) is 12.0. The van der Waals surface area contributed by atoms with Gasteiger partial charge in [-0.1, -0.05) is 86.1 Å². The number of methoxy groups -OCH3 is 1. The smallest absolute Gasteiger partial charge is 0.266 e. The van der Waals surface area contributed by atoms with Crippen LogP contribution in [-0.4, -0.2) is 56.1 Å². The summed E-state index contributed by atoms with van der Waals surface area (Å²) in [6.45, 7) is 4.18.